The second-order valence-corrected chi connectivity index (χ2v) is 11.6. The van der Waals surface area contributed by atoms with Gasteiger partial charge in [0, 0.05) is 19.4 Å². The Balaban J connectivity index is 1.41. The van der Waals surface area contributed by atoms with E-state index in [-0.39, 0.29) is 5.92 Å². The number of methoxy groups -OCH3 is 1. The molecule has 0 amide bonds. The highest BCUT2D eigenvalue weighted by atomic mass is 16.6. The summed E-state index contributed by atoms with van der Waals surface area (Å²) in [5, 5.41) is 13.3. The molecule has 27 heavy (non-hydrogen) atoms. The molecular formula is C25H41O2. The van der Waals surface area contributed by atoms with Crippen LogP contribution in [-0.2, 0) is 9.84 Å². The number of fused-ring (bicyclic) bond motifs is 5. The summed E-state index contributed by atoms with van der Waals surface area (Å²) in [4.78, 5) is 0. The van der Waals surface area contributed by atoms with Crippen molar-refractivity contribution in [1.82, 2.24) is 0 Å². The van der Waals surface area contributed by atoms with Crippen molar-refractivity contribution in [2.24, 2.45) is 46.3 Å². The minimum atomic E-state index is -1.09. The Hall–Kier alpha value is -0.0800. The molecule has 6 unspecified atom stereocenters. The Morgan fingerprint density at radius 2 is 1.44 bits per heavy atom. The van der Waals surface area contributed by atoms with Gasteiger partial charge in [-0.25, -0.2) is 0 Å². The Morgan fingerprint density at radius 3 is 2.26 bits per heavy atom. The van der Waals surface area contributed by atoms with Crippen LogP contribution in [0.15, 0.2) is 0 Å². The van der Waals surface area contributed by atoms with Gasteiger partial charge in [0.2, 0.25) is 5.79 Å². The summed E-state index contributed by atoms with van der Waals surface area (Å²) >= 11 is 0. The lowest BCUT2D eigenvalue weighted by Crippen LogP contribution is -2.54. The van der Waals surface area contributed by atoms with E-state index in [1.807, 2.05) is 0 Å². The highest BCUT2D eigenvalue weighted by molar-refractivity contribution is 5.10. The second-order valence-electron chi connectivity index (χ2n) is 11.6. The average Bonchev–Trinajstić information content (AvgIpc) is 3.21. The van der Waals surface area contributed by atoms with Gasteiger partial charge in [0.25, 0.3) is 0 Å². The van der Waals surface area contributed by atoms with E-state index in [4.69, 9.17) is 4.74 Å². The zero-order chi connectivity index (χ0) is 18.9. The Kier molecular flexibility index (Phi) is 4.53. The number of ether oxygens (including phenoxy) is 1. The minimum absolute atomic E-state index is 0.260. The van der Waals surface area contributed by atoms with Gasteiger partial charge in [-0.15, -0.1) is 0 Å². The molecule has 0 aliphatic heterocycles. The van der Waals surface area contributed by atoms with Crippen LogP contribution in [0, 0.1) is 46.3 Å². The van der Waals surface area contributed by atoms with Gasteiger partial charge in [0.15, 0.2) is 0 Å². The van der Waals surface area contributed by atoms with Crippen molar-refractivity contribution in [2.75, 3.05) is 7.11 Å². The van der Waals surface area contributed by atoms with Gasteiger partial charge in [-0.1, -0.05) is 26.7 Å². The highest BCUT2D eigenvalue weighted by Gasteiger charge is 2.63. The van der Waals surface area contributed by atoms with Crippen LogP contribution >= 0.6 is 0 Å². The van der Waals surface area contributed by atoms with E-state index in [0.29, 0.717) is 16.7 Å². The van der Waals surface area contributed by atoms with Gasteiger partial charge in [0.1, 0.15) is 0 Å². The average molecular weight is 374 g/mol. The molecule has 0 aromatic heterocycles. The number of hydrogen-bond donors (Lipinski definition) is 0. The van der Waals surface area contributed by atoms with Gasteiger partial charge in [-0.3, -0.25) is 0 Å². The number of rotatable bonds is 2. The Morgan fingerprint density at radius 1 is 0.667 bits per heavy atom. The lowest BCUT2D eigenvalue weighted by atomic mass is 9.44. The lowest BCUT2D eigenvalue weighted by molar-refractivity contribution is -0.262. The standard InChI is InChI=1S/C25H41O2/c1-23-14-5-4-7-17(23)9-10-18-19-11-12-21(24(19,2)16-13-20(18)23)22-8-6-15-25(22,26)27-3/h17-22H,4-16H2,1-3H3/t17?,18?,19?,20?,21-,22?,23+,24+,25?/m1/s1. The van der Waals surface area contributed by atoms with E-state index in [1.165, 1.54) is 64.2 Å². The summed E-state index contributed by atoms with van der Waals surface area (Å²) in [5.74, 6) is 3.58. The van der Waals surface area contributed by atoms with Crippen LogP contribution in [0.25, 0.3) is 0 Å². The summed E-state index contributed by atoms with van der Waals surface area (Å²) in [7, 11) is 1.67. The van der Waals surface area contributed by atoms with Gasteiger partial charge in [0.05, 0.1) is 0 Å². The van der Waals surface area contributed by atoms with Crippen LogP contribution in [0.2, 0.25) is 0 Å². The largest absolute Gasteiger partial charge is 0.350 e. The molecular weight excluding hydrogens is 332 g/mol. The molecule has 153 valence electrons. The molecule has 5 saturated carbocycles. The lowest BCUT2D eigenvalue weighted by Gasteiger charge is -2.61. The van der Waals surface area contributed by atoms with Crippen molar-refractivity contribution >= 4 is 0 Å². The molecule has 1 radical (unpaired) electrons. The SMILES string of the molecule is COC1([O])CCCC1[C@H]1CCC2C3CCC4CCCC[C@]4(C)C3CC[C@@]21C. The van der Waals surface area contributed by atoms with Crippen molar-refractivity contribution in [2.45, 2.75) is 103 Å². The van der Waals surface area contributed by atoms with E-state index in [1.54, 1.807) is 7.11 Å². The maximum atomic E-state index is 13.3. The molecule has 5 aliphatic carbocycles. The first kappa shape index (κ1) is 18.9. The fourth-order valence-corrected chi connectivity index (χ4v) is 9.73. The molecule has 2 heteroatoms. The van der Waals surface area contributed by atoms with Crippen molar-refractivity contribution in [3.05, 3.63) is 0 Å². The van der Waals surface area contributed by atoms with Crippen molar-refractivity contribution in [3.63, 3.8) is 0 Å². The summed E-state index contributed by atoms with van der Waals surface area (Å²) < 4.78 is 5.59. The van der Waals surface area contributed by atoms with E-state index >= 15 is 0 Å². The molecule has 5 rings (SSSR count). The maximum absolute atomic E-state index is 13.3. The molecule has 0 aromatic carbocycles. The van der Waals surface area contributed by atoms with E-state index < -0.39 is 5.79 Å². The molecule has 2 nitrogen and oxygen atoms in total. The van der Waals surface area contributed by atoms with Gasteiger partial charge in [-0.05, 0) is 105 Å². The monoisotopic (exact) mass is 373 g/mol. The molecule has 5 aliphatic rings. The van der Waals surface area contributed by atoms with Crippen molar-refractivity contribution in [1.29, 1.82) is 0 Å². The third-order valence-electron chi connectivity index (χ3n) is 11.1. The zero-order valence-electron chi connectivity index (χ0n) is 18.0. The minimum Gasteiger partial charge on any atom is -0.350 e. The number of hydrogen-bond acceptors (Lipinski definition) is 1. The molecule has 0 saturated heterocycles. The highest BCUT2D eigenvalue weighted by Crippen LogP contribution is 2.69. The molecule has 0 heterocycles. The topological polar surface area (TPSA) is 29.1 Å². The van der Waals surface area contributed by atoms with Crippen LogP contribution in [0.5, 0.6) is 0 Å². The van der Waals surface area contributed by atoms with E-state index in [0.717, 1.165) is 42.9 Å². The summed E-state index contributed by atoms with van der Waals surface area (Å²) in [5.41, 5.74) is 1.03. The van der Waals surface area contributed by atoms with E-state index in [2.05, 4.69) is 13.8 Å². The summed E-state index contributed by atoms with van der Waals surface area (Å²) in [6.45, 7) is 5.27. The van der Waals surface area contributed by atoms with Crippen LogP contribution in [0.1, 0.15) is 97.3 Å². The molecule has 0 aromatic rings. The first-order chi connectivity index (χ1) is 12.9. The van der Waals surface area contributed by atoms with Crippen LogP contribution in [0.4, 0.5) is 0 Å². The molecule has 0 spiro atoms. The van der Waals surface area contributed by atoms with Gasteiger partial charge in [-0.2, -0.15) is 5.11 Å². The molecule has 5 fully saturated rings. The quantitative estimate of drug-likeness (QED) is 0.501. The molecule has 9 atom stereocenters. The first-order valence-electron chi connectivity index (χ1n) is 12.2. The maximum Gasteiger partial charge on any atom is 0.204 e. The van der Waals surface area contributed by atoms with Crippen LogP contribution < -0.4 is 0 Å². The summed E-state index contributed by atoms with van der Waals surface area (Å²) in [6.07, 6.45) is 17.3. The van der Waals surface area contributed by atoms with Crippen LogP contribution in [0.3, 0.4) is 0 Å². The smallest absolute Gasteiger partial charge is 0.204 e. The third-order valence-corrected chi connectivity index (χ3v) is 11.1. The summed E-state index contributed by atoms with van der Waals surface area (Å²) in [6, 6.07) is 0. The van der Waals surface area contributed by atoms with E-state index in [9.17, 15) is 5.11 Å². The fourth-order valence-electron chi connectivity index (χ4n) is 9.73. The molecule has 0 N–H and O–H groups in total. The molecule has 0 bridgehead atoms. The Bertz CT molecular complexity index is 575. The third kappa shape index (κ3) is 2.57. The van der Waals surface area contributed by atoms with Crippen molar-refractivity contribution < 1.29 is 9.84 Å². The fraction of sp³-hybridized carbons (Fsp3) is 1.00. The van der Waals surface area contributed by atoms with Crippen LogP contribution in [-0.4, -0.2) is 12.9 Å². The predicted octanol–water partition coefficient (Wildman–Crippen LogP) is 6.61. The predicted molar refractivity (Wildman–Crippen MR) is 108 cm³/mol. The van der Waals surface area contributed by atoms with Gasteiger partial charge >= 0.3 is 0 Å². The van der Waals surface area contributed by atoms with Gasteiger partial charge < -0.3 is 4.74 Å². The first-order valence-corrected chi connectivity index (χ1v) is 12.2. The Labute approximate surface area is 166 Å². The zero-order valence-corrected chi connectivity index (χ0v) is 18.0. The normalized spacial score (nSPS) is 57.8. The van der Waals surface area contributed by atoms with Crippen molar-refractivity contribution in [3.8, 4) is 0 Å². The second kappa shape index (κ2) is 6.46.